The minimum atomic E-state index is -3.20. The third kappa shape index (κ3) is 4.28. The summed E-state index contributed by atoms with van der Waals surface area (Å²) >= 11 is 0. The van der Waals surface area contributed by atoms with Gasteiger partial charge in [-0.05, 0) is 38.7 Å². The van der Waals surface area contributed by atoms with Crippen LogP contribution in [0.4, 0.5) is 0 Å². The highest BCUT2D eigenvalue weighted by atomic mass is 32.2. The van der Waals surface area contributed by atoms with E-state index in [2.05, 4.69) is 10.1 Å². The van der Waals surface area contributed by atoms with E-state index in [0.29, 0.717) is 47.4 Å². The first kappa shape index (κ1) is 23.8. The van der Waals surface area contributed by atoms with Crippen molar-refractivity contribution in [1.82, 2.24) is 19.1 Å². The van der Waals surface area contributed by atoms with Gasteiger partial charge in [0.15, 0.2) is 0 Å². The molecule has 11 heteroatoms. The minimum absolute atomic E-state index is 0.0280. The Labute approximate surface area is 198 Å². The van der Waals surface area contributed by atoms with Gasteiger partial charge >= 0.3 is 0 Å². The summed E-state index contributed by atoms with van der Waals surface area (Å²) in [5.41, 5.74) is 14.4. The van der Waals surface area contributed by atoms with Gasteiger partial charge in [-0.2, -0.15) is 5.10 Å². The van der Waals surface area contributed by atoms with Crippen LogP contribution in [0.2, 0.25) is 0 Å². The molecule has 3 heterocycles. The Kier molecular flexibility index (Phi) is 6.17. The number of hydrogen-bond donors (Lipinski definition) is 2. The van der Waals surface area contributed by atoms with E-state index in [9.17, 15) is 18.0 Å². The molecule has 0 saturated carbocycles. The lowest BCUT2D eigenvalue weighted by Crippen LogP contribution is -2.38. The number of piperidine rings is 1. The Morgan fingerprint density at radius 1 is 1.06 bits per heavy atom. The standard InChI is InChI=1S/C23H28N6O4S/c1-13-18(14(2)29(27-13)12-15-8-10-28(11-9-15)34(3,32)33)20-19(22(24)30)16-6-4-5-7-17(16)26-21(20)23(25)31/h4-7,15H,8-12H2,1-3H3,(H2,24,30)(H2,25,31). The lowest BCUT2D eigenvalue weighted by atomic mass is 9.92. The highest BCUT2D eigenvalue weighted by Crippen LogP contribution is 2.36. The number of benzene rings is 1. The molecule has 0 aliphatic carbocycles. The number of fused-ring (bicyclic) bond motifs is 1. The predicted molar refractivity (Wildman–Crippen MR) is 129 cm³/mol. The molecule has 1 aliphatic rings. The minimum Gasteiger partial charge on any atom is -0.366 e. The molecular weight excluding hydrogens is 456 g/mol. The van der Waals surface area contributed by atoms with Gasteiger partial charge in [-0.1, -0.05) is 18.2 Å². The van der Waals surface area contributed by atoms with E-state index >= 15 is 0 Å². The van der Waals surface area contributed by atoms with Gasteiger partial charge in [0.1, 0.15) is 5.69 Å². The molecule has 4 N–H and O–H groups in total. The zero-order valence-electron chi connectivity index (χ0n) is 19.4. The Balaban J connectivity index is 1.79. The fourth-order valence-electron chi connectivity index (χ4n) is 4.79. The van der Waals surface area contributed by atoms with Crippen LogP contribution in [0, 0.1) is 19.8 Å². The quantitative estimate of drug-likeness (QED) is 0.541. The van der Waals surface area contributed by atoms with Gasteiger partial charge in [0.2, 0.25) is 15.9 Å². The summed E-state index contributed by atoms with van der Waals surface area (Å²) in [4.78, 5) is 29.5. The van der Waals surface area contributed by atoms with Crippen LogP contribution in [0.3, 0.4) is 0 Å². The predicted octanol–water partition coefficient (Wildman–Crippen LogP) is 1.58. The molecule has 0 bridgehead atoms. The SMILES string of the molecule is Cc1nn(CC2CCN(S(C)(=O)=O)CC2)c(C)c1-c1c(C(N)=O)nc2ccccc2c1C(N)=O. The molecular formula is C23H28N6O4S. The molecule has 1 aliphatic heterocycles. The molecule has 0 unspecified atom stereocenters. The maximum atomic E-state index is 12.6. The van der Waals surface area contributed by atoms with Crippen molar-refractivity contribution >= 4 is 32.7 Å². The van der Waals surface area contributed by atoms with Gasteiger partial charge in [-0.3, -0.25) is 14.3 Å². The molecule has 0 radical (unpaired) electrons. The number of para-hydroxylation sites is 1. The summed E-state index contributed by atoms with van der Waals surface area (Å²) in [6, 6.07) is 6.97. The lowest BCUT2D eigenvalue weighted by Gasteiger charge is -2.30. The fourth-order valence-corrected chi connectivity index (χ4v) is 5.67. The number of pyridine rings is 1. The van der Waals surface area contributed by atoms with E-state index in [1.165, 1.54) is 10.6 Å². The summed E-state index contributed by atoms with van der Waals surface area (Å²) in [5, 5.41) is 5.22. The summed E-state index contributed by atoms with van der Waals surface area (Å²) in [5.74, 6) is -1.21. The second-order valence-electron chi connectivity index (χ2n) is 8.79. The van der Waals surface area contributed by atoms with Crippen LogP contribution in [0.1, 0.15) is 45.1 Å². The number of carbonyl (C=O) groups is 2. The van der Waals surface area contributed by atoms with Crippen molar-refractivity contribution in [3.05, 3.63) is 46.9 Å². The molecule has 180 valence electrons. The third-order valence-corrected chi connectivity index (χ3v) is 7.78. The molecule has 0 spiro atoms. The summed E-state index contributed by atoms with van der Waals surface area (Å²) < 4.78 is 26.9. The number of carbonyl (C=O) groups excluding carboxylic acids is 2. The van der Waals surface area contributed by atoms with Gasteiger partial charge < -0.3 is 11.5 Å². The first-order chi connectivity index (χ1) is 16.0. The largest absolute Gasteiger partial charge is 0.366 e. The van der Waals surface area contributed by atoms with E-state index in [4.69, 9.17) is 11.5 Å². The average molecular weight is 485 g/mol. The molecule has 1 aromatic carbocycles. The number of hydrogen-bond acceptors (Lipinski definition) is 6. The van der Waals surface area contributed by atoms with Crippen LogP contribution in [0.25, 0.3) is 22.0 Å². The monoisotopic (exact) mass is 484 g/mol. The second kappa shape index (κ2) is 8.80. The molecule has 4 rings (SSSR count). The van der Waals surface area contributed by atoms with Gasteiger partial charge in [0.05, 0.1) is 23.0 Å². The highest BCUT2D eigenvalue weighted by Gasteiger charge is 2.29. The van der Waals surface area contributed by atoms with Crippen LogP contribution in [0.15, 0.2) is 24.3 Å². The first-order valence-corrected chi connectivity index (χ1v) is 12.9. The van der Waals surface area contributed by atoms with E-state index in [0.717, 1.165) is 18.5 Å². The first-order valence-electron chi connectivity index (χ1n) is 11.0. The van der Waals surface area contributed by atoms with Crippen molar-refractivity contribution in [3.63, 3.8) is 0 Å². The maximum Gasteiger partial charge on any atom is 0.267 e. The van der Waals surface area contributed by atoms with Gasteiger partial charge in [-0.25, -0.2) is 17.7 Å². The second-order valence-corrected chi connectivity index (χ2v) is 10.8. The molecule has 2 amide bonds. The number of aromatic nitrogens is 3. The van der Waals surface area contributed by atoms with Crippen LogP contribution in [-0.4, -0.2) is 58.6 Å². The summed E-state index contributed by atoms with van der Waals surface area (Å²) in [6.45, 7) is 5.20. The van der Waals surface area contributed by atoms with Crippen molar-refractivity contribution in [2.75, 3.05) is 19.3 Å². The van der Waals surface area contributed by atoms with E-state index in [-0.39, 0.29) is 17.2 Å². The fraction of sp³-hybridized carbons (Fsp3) is 0.391. The van der Waals surface area contributed by atoms with E-state index in [1.54, 1.807) is 31.2 Å². The van der Waals surface area contributed by atoms with Crippen LogP contribution < -0.4 is 11.5 Å². The Morgan fingerprint density at radius 2 is 1.71 bits per heavy atom. The Morgan fingerprint density at radius 3 is 2.29 bits per heavy atom. The highest BCUT2D eigenvalue weighted by molar-refractivity contribution is 7.88. The number of nitrogens with zero attached hydrogens (tertiary/aromatic N) is 4. The molecule has 1 saturated heterocycles. The molecule has 0 atom stereocenters. The van der Waals surface area contributed by atoms with Crippen molar-refractivity contribution in [1.29, 1.82) is 0 Å². The number of sulfonamides is 1. The van der Waals surface area contributed by atoms with Crippen molar-refractivity contribution in [2.45, 2.75) is 33.2 Å². The number of aryl methyl sites for hydroxylation is 1. The Bertz CT molecular complexity index is 1400. The van der Waals surface area contributed by atoms with Gasteiger partial charge in [0, 0.05) is 41.8 Å². The molecule has 34 heavy (non-hydrogen) atoms. The summed E-state index contributed by atoms with van der Waals surface area (Å²) in [6.07, 6.45) is 2.67. The Hall–Kier alpha value is -3.31. The number of nitrogens with two attached hydrogens (primary N) is 2. The van der Waals surface area contributed by atoms with E-state index < -0.39 is 21.8 Å². The lowest BCUT2D eigenvalue weighted by molar-refractivity contribution is 0.0996. The molecule has 10 nitrogen and oxygen atoms in total. The number of rotatable bonds is 6. The van der Waals surface area contributed by atoms with E-state index in [1.807, 2.05) is 11.6 Å². The maximum absolute atomic E-state index is 12.6. The van der Waals surface area contributed by atoms with Crippen LogP contribution >= 0.6 is 0 Å². The van der Waals surface area contributed by atoms with Gasteiger partial charge in [-0.15, -0.1) is 0 Å². The number of amides is 2. The third-order valence-electron chi connectivity index (χ3n) is 6.48. The topological polar surface area (TPSA) is 154 Å². The zero-order chi connectivity index (χ0) is 24.8. The van der Waals surface area contributed by atoms with Crippen molar-refractivity contribution < 1.29 is 18.0 Å². The number of primary amides is 2. The normalized spacial score (nSPS) is 15.6. The van der Waals surface area contributed by atoms with Crippen molar-refractivity contribution in [3.8, 4) is 11.1 Å². The van der Waals surface area contributed by atoms with Gasteiger partial charge in [0.25, 0.3) is 5.91 Å². The van der Waals surface area contributed by atoms with Crippen LogP contribution in [-0.2, 0) is 16.6 Å². The molecule has 1 fully saturated rings. The zero-order valence-corrected chi connectivity index (χ0v) is 20.2. The van der Waals surface area contributed by atoms with Crippen molar-refractivity contribution in [2.24, 2.45) is 17.4 Å². The molecule has 2 aromatic heterocycles. The van der Waals surface area contributed by atoms with Crippen LogP contribution in [0.5, 0.6) is 0 Å². The summed E-state index contributed by atoms with van der Waals surface area (Å²) in [7, 11) is -3.20. The molecule has 3 aromatic rings. The smallest absolute Gasteiger partial charge is 0.267 e. The average Bonchev–Trinajstić information content (AvgIpc) is 3.04.